The number of carbonyl (C=O) groups excluding carboxylic acids is 3. The number of anilines is 1. The van der Waals surface area contributed by atoms with E-state index >= 15 is 14.4 Å². The van der Waals surface area contributed by atoms with Crippen molar-refractivity contribution in [3.8, 4) is 17.6 Å². The molecule has 3 aliphatic rings. The number of aliphatic hydroxyl groups is 1. The molecule has 66 heavy (non-hydrogen) atoms. The number of para-hydroxylation sites is 4. The average Bonchev–Trinajstić information content (AvgIpc) is 4.12. The smallest absolute Gasteiger partial charge is 0.324 e. The fourth-order valence-electron chi connectivity index (χ4n) is 10.3. The molecule has 0 bridgehead atoms. The molecule has 0 aliphatic carbocycles. The van der Waals surface area contributed by atoms with Crippen LogP contribution < -0.4 is 15.4 Å². The molecule has 6 aromatic carbocycles. The van der Waals surface area contributed by atoms with Gasteiger partial charge in [0.1, 0.15) is 47.8 Å². The van der Waals surface area contributed by atoms with Gasteiger partial charge in [-0.05, 0) is 65.2 Å². The first-order valence-corrected chi connectivity index (χ1v) is 21.8. The van der Waals surface area contributed by atoms with Gasteiger partial charge in [0.15, 0.2) is 0 Å². The summed E-state index contributed by atoms with van der Waals surface area (Å²) >= 11 is 0. The number of aromatic amines is 1. The largest absolute Gasteiger partial charge is 0.491 e. The highest BCUT2D eigenvalue weighted by atomic mass is 16.6. The Morgan fingerprint density at radius 2 is 1.56 bits per heavy atom. The van der Waals surface area contributed by atoms with Crippen molar-refractivity contribution < 1.29 is 29.0 Å². The van der Waals surface area contributed by atoms with Gasteiger partial charge >= 0.3 is 5.97 Å². The van der Waals surface area contributed by atoms with E-state index in [4.69, 9.17) is 14.5 Å². The van der Waals surface area contributed by atoms with Crippen LogP contribution in [0.4, 0.5) is 5.69 Å². The third-order valence-electron chi connectivity index (χ3n) is 12.9. The van der Waals surface area contributed by atoms with Crippen LogP contribution in [0.5, 0.6) is 5.75 Å². The molecule has 0 saturated carbocycles. The molecule has 11 rings (SSSR count). The molecule has 0 radical (unpaired) electrons. The molecule has 0 unspecified atom stereocenters. The van der Waals surface area contributed by atoms with Gasteiger partial charge < -0.3 is 30.2 Å². The van der Waals surface area contributed by atoms with Gasteiger partial charge in [-0.1, -0.05) is 120 Å². The predicted molar refractivity (Wildman–Crippen MR) is 244 cm³/mol. The van der Waals surface area contributed by atoms with Crippen LogP contribution in [-0.2, 0) is 37.6 Å². The van der Waals surface area contributed by atoms with Gasteiger partial charge in [-0.15, -0.1) is 5.10 Å². The van der Waals surface area contributed by atoms with Crippen molar-refractivity contribution in [3.63, 3.8) is 0 Å². The number of ether oxygens (including phenoxy) is 2. The number of H-pyrrole nitrogens is 1. The van der Waals surface area contributed by atoms with Gasteiger partial charge in [0, 0.05) is 16.8 Å². The number of hydrogen-bond donors (Lipinski definition) is 4. The van der Waals surface area contributed by atoms with E-state index in [9.17, 15) is 5.11 Å². The third-order valence-corrected chi connectivity index (χ3v) is 12.9. The fourth-order valence-corrected chi connectivity index (χ4v) is 10.3. The fraction of sp³-hybridized carbons (Fsp3) is 0.192. The van der Waals surface area contributed by atoms with E-state index in [0.29, 0.717) is 34.0 Å². The Hall–Kier alpha value is -8.12. The number of imidazole rings is 1. The second kappa shape index (κ2) is 16.8. The van der Waals surface area contributed by atoms with E-state index in [0.717, 1.165) is 33.2 Å². The average molecular weight is 875 g/mol. The lowest BCUT2D eigenvalue weighted by Gasteiger charge is -2.46. The van der Waals surface area contributed by atoms with Crippen LogP contribution in [-0.4, -0.2) is 72.0 Å². The molecule has 6 atom stereocenters. The second-order valence-corrected chi connectivity index (χ2v) is 16.5. The summed E-state index contributed by atoms with van der Waals surface area (Å²) in [4.78, 5) is 56.6. The van der Waals surface area contributed by atoms with Crippen molar-refractivity contribution in [2.75, 3.05) is 18.5 Å². The number of aromatic nitrogens is 5. The first-order chi connectivity index (χ1) is 32.4. The third kappa shape index (κ3) is 6.75. The molecule has 3 aliphatic heterocycles. The Labute approximate surface area is 378 Å². The molecular weight excluding hydrogens is 833 g/mol. The number of benzene rings is 6. The molecule has 5 heterocycles. The van der Waals surface area contributed by atoms with Crippen molar-refractivity contribution in [3.05, 3.63) is 185 Å². The van der Waals surface area contributed by atoms with E-state index in [1.807, 2.05) is 144 Å². The molecule has 2 aromatic heterocycles. The number of nitrogens with zero attached hydrogens (tertiary/aromatic N) is 5. The standard InChI is InChI=1S/C52H42N8O6/c61-28-29-65-42-24-12-7-19-35(42)48-52(36-30-32(25-26-37(36)56-51(52)64)14-13-27-59-41-23-11-10-22-40(41)57-58-59)44(49(62)53-31-43-54-38-20-8-9-21-39(38)55-43)46-50(63)66-47(34-17-5-2-6-18-34)45(60(46)48)33-15-3-1-4-16-33/h1-12,15-26,30,44-48,61H,27-29,31H2,(H,53,62)(H,54,55)(H,56,64)/t44-,45-,46-,47+,48+,52-/m1/s1. The SMILES string of the molecule is O=C1O[C@@H](c2ccccc2)[C@@H](c2ccccc2)N2[C@@H](c3ccccc3OCCO)[C@]3(C(=O)Nc4ccc(C#CCn5nnc6ccccc65)cc43)[C@@H](C(=O)NCc3nc4ccccc4[nH]3)[C@H]12. The van der Waals surface area contributed by atoms with E-state index in [1.165, 1.54) is 0 Å². The first kappa shape index (κ1) is 40.6. The maximum Gasteiger partial charge on any atom is 0.324 e. The van der Waals surface area contributed by atoms with Crippen molar-refractivity contribution in [2.45, 2.75) is 42.7 Å². The van der Waals surface area contributed by atoms with Crippen LogP contribution in [0.15, 0.2) is 152 Å². The van der Waals surface area contributed by atoms with Crippen LogP contribution in [0.2, 0.25) is 0 Å². The predicted octanol–water partition coefficient (Wildman–Crippen LogP) is 6.32. The van der Waals surface area contributed by atoms with Crippen LogP contribution in [0.1, 0.15) is 51.8 Å². The zero-order valence-electron chi connectivity index (χ0n) is 35.4. The maximum atomic E-state index is 15.7. The van der Waals surface area contributed by atoms with Crippen LogP contribution in [0.3, 0.4) is 0 Å². The number of nitrogens with one attached hydrogen (secondary N) is 3. The Morgan fingerprint density at radius 1 is 0.833 bits per heavy atom. The highest BCUT2D eigenvalue weighted by Crippen LogP contribution is 2.65. The van der Waals surface area contributed by atoms with Crippen molar-refractivity contribution >= 4 is 45.5 Å². The molecule has 1 spiro atoms. The van der Waals surface area contributed by atoms with Gasteiger partial charge in [-0.2, -0.15) is 0 Å². The van der Waals surface area contributed by atoms with Gasteiger partial charge in [0.2, 0.25) is 11.8 Å². The molecule has 326 valence electrons. The van der Waals surface area contributed by atoms with Crippen molar-refractivity contribution in [1.29, 1.82) is 0 Å². The first-order valence-electron chi connectivity index (χ1n) is 21.8. The zero-order valence-corrected chi connectivity index (χ0v) is 35.4. The highest BCUT2D eigenvalue weighted by molar-refractivity contribution is 6.12. The summed E-state index contributed by atoms with van der Waals surface area (Å²) in [6.45, 7) is -0.0866. The van der Waals surface area contributed by atoms with E-state index in [2.05, 4.69) is 37.8 Å². The number of rotatable bonds is 10. The molecule has 8 aromatic rings. The Bertz CT molecular complexity index is 3180. The summed E-state index contributed by atoms with van der Waals surface area (Å²) in [6.07, 6.45) is -0.853. The summed E-state index contributed by atoms with van der Waals surface area (Å²) in [5, 5.41) is 24.8. The lowest BCUT2D eigenvalue weighted by Crippen LogP contribution is -2.54. The van der Waals surface area contributed by atoms with Crippen LogP contribution >= 0.6 is 0 Å². The number of hydrogen-bond acceptors (Lipinski definition) is 10. The molecule has 2 amide bonds. The molecule has 14 nitrogen and oxygen atoms in total. The molecule has 2 saturated heterocycles. The van der Waals surface area contributed by atoms with Gasteiger partial charge in [-0.3, -0.25) is 19.3 Å². The quantitative estimate of drug-likeness (QED) is 0.0899. The molecule has 2 fully saturated rings. The van der Waals surface area contributed by atoms with Gasteiger partial charge in [0.05, 0.1) is 47.7 Å². The number of fused-ring (bicyclic) bond motifs is 5. The highest BCUT2D eigenvalue weighted by Gasteiger charge is 2.74. The summed E-state index contributed by atoms with van der Waals surface area (Å²) in [5.41, 5.74) is 4.95. The number of carbonyl (C=O) groups is 3. The number of cyclic esters (lactones) is 1. The molecular formula is C52H42N8O6. The maximum absolute atomic E-state index is 15.7. The van der Waals surface area contributed by atoms with Gasteiger partial charge in [-0.25, -0.2) is 9.67 Å². The van der Waals surface area contributed by atoms with Crippen molar-refractivity contribution in [1.82, 2.24) is 35.2 Å². The summed E-state index contributed by atoms with van der Waals surface area (Å²) in [5.74, 6) is 4.33. The molecule has 14 heteroatoms. The van der Waals surface area contributed by atoms with Gasteiger partial charge in [0.25, 0.3) is 0 Å². The Kier molecular flexibility index (Phi) is 10.3. The minimum absolute atomic E-state index is 0.0194. The Morgan fingerprint density at radius 3 is 2.36 bits per heavy atom. The van der Waals surface area contributed by atoms with E-state index in [-0.39, 0.29) is 26.3 Å². The molecule has 4 N–H and O–H groups in total. The lowest BCUT2D eigenvalue weighted by atomic mass is 9.65. The number of morpholine rings is 1. The summed E-state index contributed by atoms with van der Waals surface area (Å²) in [6, 6.07) is 44.1. The van der Waals surface area contributed by atoms with Crippen LogP contribution in [0, 0.1) is 17.8 Å². The topological polar surface area (TPSA) is 177 Å². The minimum atomic E-state index is -1.80. The van der Waals surface area contributed by atoms with E-state index in [1.54, 1.807) is 16.8 Å². The summed E-state index contributed by atoms with van der Waals surface area (Å²) < 4.78 is 14.6. The monoisotopic (exact) mass is 874 g/mol. The number of aliphatic hydroxyl groups excluding tert-OH is 1. The van der Waals surface area contributed by atoms with Crippen LogP contribution in [0.25, 0.3) is 22.1 Å². The van der Waals surface area contributed by atoms with E-state index < -0.39 is 53.3 Å². The normalized spacial score (nSPS) is 22.0. The minimum Gasteiger partial charge on any atom is -0.491 e. The van der Waals surface area contributed by atoms with Crippen molar-refractivity contribution in [2.24, 2.45) is 5.92 Å². The Balaban J connectivity index is 1.13. The number of esters is 1. The lowest BCUT2D eigenvalue weighted by molar-refractivity contribution is -0.178. The number of amides is 2. The second-order valence-electron chi connectivity index (χ2n) is 16.5. The summed E-state index contributed by atoms with van der Waals surface area (Å²) in [7, 11) is 0. The zero-order chi connectivity index (χ0) is 44.8.